The summed E-state index contributed by atoms with van der Waals surface area (Å²) in [7, 11) is 0. The molecular formula is C24H21ClN2O2S. The number of nitrogens with zero attached hydrogens (tertiary/aromatic N) is 1. The minimum Gasteiger partial charge on any atom is -0.445 e. The van der Waals surface area contributed by atoms with Gasteiger partial charge in [-0.25, -0.2) is 4.98 Å². The molecule has 1 aliphatic heterocycles. The molecule has 2 heterocycles. The molecule has 1 aliphatic carbocycles. The Morgan fingerprint density at radius 3 is 2.57 bits per heavy atom. The summed E-state index contributed by atoms with van der Waals surface area (Å²) in [5, 5.41) is 1.42. The number of nitrogens with two attached hydrogens (primary N) is 1. The highest BCUT2D eigenvalue weighted by Crippen LogP contribution is 2.51. The molecule has 4 nitrogen and oxygen atoms in total. The quantitative estimate of drug-likeness (QED) is 0.532. The molecule has 6 heteroatoms. The fraction of sp³-hybridized carbons (Fsp3) is 0.250. The zero-order valence-corrected chi connectivity index (χ0v) is 18.3. The van der Waals surface area contributed by atoms with Crippen LogP contribution in [-0.4, -0.2) is 10.8 Å². The summed E-state index contributed by atoms with van der Waals surface area (Å²) in [5.41, 5.74) is 9.64. The topological polar surface area (TPSA) is 65.2 Å². The number of carbonyl (C=O) groups excluding carboxylic acids is 1. The maximum atomic E-state index is 13.3. The molecule has 0 bridgehead atoms. The molecule has 0 radical (unpaired) electrons. The van der Waals surface area contributed by atoms with E-state index in [-0.39, 0.29) is 17.1 Å². The molecule has 2 aliphatic rings. The van der Waals surface area contributed by atoms with Crippen molar-refractivity contribution in [3.05, 3.63) is 81.3 Å². The number of halogens is 1. The Balaban J connectivity index is 1.72. The number of aromatic nitrogens is 1. The molecule has 0 saturated carbocycles. The molecule has 0 amide bonds. The average Bonchev–Trinajstić information content (AvgIpc) is 3.10. The van der Waals surface area contributed by atoms with Crippen molar-refractivity contribution in [2.24, 2.45) is 11.1 Å². The highest BCUT2D eigenvalue weighted by molar-refractivity contribution is 7.19. The van der Waals surface area contributed by atoms with Gasteiger partial charge in [-0.15, -0.1) is 11.3 Å². The van der Waals surface area contributed by atoms with E-state index in [1.165, 1.54) is 0 Å². The van der Waals surface area contributed by atoms with Gasteiger partial charge in [0.2, 0.25) is 0 Å². The molecule has 30 heavy (non-hydrogen) atoms. The fourth-order valence-electron chi connectivity index (χ4n) is 4.37. The Bertz CT molecular complexity index is 1200. The van der Waals surface area contributed by atoms with Gasteiger partial charge in [0, 0.05) is 29.4 Å². The van der Waals surface area contributed by atoms with E-state index >= 15 is 0 Å². The number of benzene rings is 2. The van der Waals surface area contributed by atoms with Gasteiger partial charge < -0.3 is 10.5 Å². The van der Waals surface area contributed by atoms with Crippen molar-refractivity contribution >= 4 is 44.5 Å². The standard InChI is InChI=1S/C24H21ClN2O2S/c1-24(2)11-16(28)20-17(12-24)29-22(26)21(19(20)13-7-9-14(25)10-8-13)23-27-15-5-3-4-6-18(15)30-23/h3-10,19H,11-12,26H2,1-2H3. The smallest absolute Gasteiger partial charge is 0.197 e. The molecule has 1 atom stereocenters. The normalized spacial score (nSPS) is 21.0. The SMILES string of the molecule is CC1(C)CC(=O)C2=C(C1)OC(N)=C(c1nc3ccccc3s1)C2c1ccc(Cl)cc1. The number of rotatable bonds is 2. The van der Waals surface area contributed by atoms with Crippen LogP contribution in [0.15, 0.2) is 65.7 Å². The predicted molar refractivity (Wildman–Crippen MR) is 121 cm³/mol. The van der Waals surface area contributed by atoms with E-state index in [9.17, 15) is 4.79 Å². The lowest BCUT2D eigenvalue weighted by molar-refractivity contribution is -0.118. The predicted octanol–water partition coefficient (Wildman–Crippen LogP) is 6.03. The molecule has 2 aromatic carbocycles. The van der Waals surface area contributed by atoms with Crippen molar-refractivity contribution < 1.29 is 9.53 Å². The van der Waals surface area contributed by atoms with Gasteiger partial charge >= 0.3 is 0 Å². The molecular weight excluding hydrogens is 416 g/mol. The van der Waals surface area contributed by atoms with Crippen LogP contribution in [0.3, 0.4) is 0 Å². The van der Waals surface area contributed by atoms with Crippen LogP contribution in [0.1, 0.15) is 43.2 Å². The van der Waals surface area contributed by atoms with Crippen molar-refractivity contribution in [1.29, 1.82) is 0 Å². The van der Waals surface area contributed by atoms with Gasteiger partial charge in [0.1, 0.15) is 10.8 Å². The van der Waals surface area contributed by atoms with Crippen LogP contribution in [0.2, 0.25) is 5.02 Å². The minimum atomic E-state index is -0.324. The van der Waals surface area contributed by atoms with Gasteiger partial charge in [0.25, 0.3) is 0 Å². The molecule has 152 valence electrons. The number of para-hydroxylation sites is 1. The summed E-state index contributed by atoms with van der Waals surface area (Å²) >= 11 is 7.70. The lowest BCUT2D eigenvalue weighted by atomic mass is 9.70. The van der Waals surface area contributed by atoms with E-state index in [0.29, 0.717) is 35.1 Å². The Labute approximate surface area is 184 Å². The van der Waals surface area contributed by atoms with Crippen LogP contribution < -0.4 is 5.73 Å². The van der Waals surface area contributed by atoms with Crippen LogP contribution in [0.25, 0.3) is 15.8 Å². The Morgan fingerprint density at radius 1 is 1.10 bits per heavy atom. The highest BCUT2D eigenvalue weighted by atomic mass is 35.5. The molecule has 0 spiro atoms. The lowest BCUT2D eigenvalue weighted by Crippen LogP contribution is -2.33. The molecule has 1 unspecified atom stereocenters. The molecule has 2 N–H and O–H groups in total. The van der Waals surface area contributed by atoms with Crippen molar-refractivity contribution in [3.8, 4) is 0 Å². The zero-order valence-electron chi connectivity index (χ0n) is 16.7. The van der Waals surface area contributed by atoms with Crippen LogP contribution in [0.5, 0.6) is 0 Å². The largest absolute Gasteiger partial charge is 0.445 e. The van der Waals surface area contributed by atoms with Gasteiger partial charge in [0.15, 0.2) is 11.7 Å². The number of hydrogen-bond donors (Lipinski definition) is 1. The molecule has 1 aromatic heterocycles. The Kier molecular flexibility index (Phi) is 4.49. The van der Waals surface area contributed by atoms with Crippen molar-refractivity contribution in [2.45, 2.75) is 32.6 Å². The molecule has 3 aromatic rings. The van der Waals surface area contributed by atoms with Crippen LogP contribution in [0.4, 0.5) is 0 Å². The van der Waals surface area contributed by atoms with Crippen molar-refractivity contribution in [2.75, 3.05) is 0 Å². The Morgan fingerprint density at radius 2 is 1.83 bits per heavy atom. The van der Waals surface area contributed by atoms with E-state index in [4.69, 9.17) is 27.1 Å². The molecule has 0 fully saturated rings. The number of fused-ring (bicyclic) bond motifs is 1. The fourth-order valence-corrected chi connectivity index (χ4v) is 5.54. The van der Waals surface area contributed by atoms with E-state index in [1.54, 1.807) is 11.3 Å². The summed E-state index contributed by atoms with van der Waals surface area (Å²) in [6.45, 7) is 4.16. The maximum Gasteiger partial charge on any atom is 0.197 e. The average molecular weight is 437 g/mol. The number of ether oxygens (including phenoxy) is 1. The second kappa shape index (κ2) is 6.96. The number of ketones is 1. The van der Waals surface area contributed by atoms with Crippen LogP contribution in [-0.2, 0) is 9.53 Å². The monoisotopic (exact) mass is 436 g/mol. The van der Waals surface area contributed by atoms with Crippen LogP contribution >= 0.6 is 22.9 Å². The first kappa shape index (κ1) is 19.3. The van der Waals surface area contributed by atoms with E-state index in [1.807, 2.05) is 48.5 Å². The third kappa shape index (κ3) is 3.22. The van der Waals surface area contributed by atoms with Gasteiger partial charge in [-0.05, 0) is 35.2 Å². The summed E-state index contributed by atoms with van der Waals surface area (Å²) in [5.74, 6) is 0.777. The first-order valence-corrected chi connectivity index (χ1v) is 11.1. The van der Waals surface area contributed by atoms with Crippen molar-refractivity contribution in [1.82, 2.24) is 4.98 Å². The highest BCUT2D eigenvalue weighted by Gasteiger charge is 2.43. The van der Waals surface area contributed by atoms with Crippen LogP contribution in [0, 0.1) is 5.41 Å². The Hall–Kier alpha value is -2.63. The van der Waals surface area contributed by atoms with Gasteiger partial charge in [0.05, 0.1) is 15.8 Å². The third-order valence-corrected chi connectivity index (χ3v) is 7.00. The van der Waals surface area contributed by atoms with Gasteiger partial charge in [-0.1, -0.05) is 49.7 Å². The van der Waals surface area contributed by atoms with Gasteiger partial charge in [-0.3, -0.25) is 4.79 Å². The maximum absolute atomic E-state index is 13.3. The minimum absolute atomic E-state index is 0.104. The number of hydrogen-bond acceptors (Lipinski definition) is 5. The lowest BCUT2D eigenvalue weighted by Gasteiger charge is -2.38. The molecule has 5 rings (SSSR count). The second-order valence-corrected chi connectivity index (χ2v) is 10.1. The third-order valence-electron chi connectivity index (χ3n) is 5.68. The number of thiazole rings is 1. The first-order valence-electron chi connectivity index (χ1n) is 9.87. The number of carbonyl (C=O) groups is 1. The van der Waals surface area contributed by atoms with E-state index in [2.05, 4.69) is 13.8 Å². The van der Waals surface area contributed by atoms with Gasteiger partial charge in [-0.2, -0.15) is 0 Å². The zero-order chi connectivity index (χ0) is 21.0. The summed E-state index contributed by atoms with van der Waals surface area (Å²) in [6, 6.07) is 15.6. The molecule has 0 saturated heterocycles. The number of allylic oxidation sites excluding steroid dienone is 3. The summed E-state index contributed by atoms with van der Waals surface area (Å²) < 4.78 is 7.16. The second-order valence-electron chi connectivity index (χ2n) is 8.63. The van der Waals surface area contributed by atoms with Crippen molar-refractivity contribution in [3.63, 3.8) is 0 Å². The van der Waals surface area contributed by atoms with E-state index in [0.717, 1.165) is 26.4 Å². The summed E-state index contributed by atoms with van der Waals surface area (Å²) in [6.07, 6.45) is 1.15. The summed E-state index contributed by atoms with van der Waals surface area (Å²) in [4.78, 5) is 18.1. The van der Waals surface area contributed by atoms with E-state index < -0.39 is 0 Å². The first-order chi connectivity index (χ1) is 14.3. The number of Topliss-reactive ketones (excluding diaryl/α,β-unsaturated/α-hetero) is 1.